The van der Waals surface area contributed by atoms with Gasteiger partial charge in [-0.1, -0.05) is 56.7 Å². The molecule has 170 valence electrons. The second-order valence-electron chi connectivity index (χ2n) is 8.78. The lowest BCUT2D eigenvalue weighted by molar-refractivity contribution is -0.132. The number of likely N-dealkylation sites (tertiary alicyclic amines) is 1. The number of benzene rings is 1. The van der Waals surface area contributed by atoms with E-state index in [-0.39, 0.29) is 17.9 Å². The monoisotopic (exact) mass is 425 g/mol. The van der Waals surface area contributed by atoms with Crippen molar-refractivity contribution in [2.75, 3.05) is 33.2 Å². The van der Waals surface area contributed by atoms with Crippen molar-refractivity contribution >= 4 is 5.91 Å². The highest BCUT2D eigenvalue weighted by Crippen LogP contribution is 2.33. The lowest BCUT2D eigenvalue weighted by Gasteiger charge is -2.31. The van der Waals surface area contributed by atoms with Crippen LogP contribution >= 0.6 is 0 Å². The van der Waals surface area contributed by atoms with Crippen molar-refractivity contribution in [2.24, 2.45) is 11.8 Å². The molecule has 31 heavy (non-hydrogen) atoms. The van der Waals surface area contributed by atoms with Crippen LogP contribution in [0.4, 0.5) is 0 Å². The van der Waals surface area contributed by atoms with Crippen molar-refractivity contribution in [1.29, 1.82) is 0 Å². The first kappa shape index (κ1) is 23.6. The molecular formula is C26H39N3O2. The van der Waals surface area contributed by atoms with Crippen molar-refractivity contribution in [3.63, 3.8) is 0 Å². The van der Waals surface area contributed by atoms with E-state index in [0.29, 0.717) is 5.92 Å². The summed E-state index contributed by atoms with van der Waals surface area (Å²) in [6.07, 6.45) is 9.26. The molecule has 3 atom stereocenters. The van der Waals surface area contributed by atoms with Crippen molar-refractivity contribution < 1.29 is 9.53 Å². The van der Waals surface area contributed by atoms with E-state index in [1.807, 2.05) is 18.0 Å². The maximum absolute atomic E-state index is 13.3. The average Bonchev–Trinajstić information content (AvgIpc) is 2.96. The van der Waals surface area contributed by atoms with Gasteiger partial charge < -0.3 is 20.3 Å². The Morgan fingerprint density at radius 1 is 1.23 bits per heavy atom. The standard InChI is InChI=1S/C26H39N3O2/c1-4-28-19-22-12-8-9-15-29(26(22)30)23-16-20(2)17-24(18-23)31-25(13-14-27-3)21-10-6-5-7-11-21/h5-7,10-11,16,18,20,22,25,27-28H,4,8-9,12-15,17,19H2,1-3H3/t20?,22-,25+/m1/s1. The van der Waals surface area contributed by atoms with E-state index in [2.05, 4.69) is 60.9 Å². The van der Waals surface area contributed by atoms with E-state index in [1.54, 1.807) is 0 Å². The second kappa shape index (κ2) is 12.1. The molecule has 1 heterocycles. The third-order valence-corrected chi connectivity index (χ3v) is 6.16. The summed E-state index contributed by atoms with van der Waals surface area (Å²) in [5.41, 5.74) is 2.21. The zero-order valence-electron chi connectivity index (χ0n) is 19.4. The van der Waals surface area contributed by atoms with Crippen molar-refractivity contribution in [3.8, 4) is 0 Å². The van der Waals surface area contributed by atoms with Gasteiger partial charge in [0.05, 0.1) is 11.7 Å². The van der Waals surface area contributed by atoms with Gasteiger partial charge in [-0.15, -0.1) is 0 Å². The predicted octanol–water partition coefficient (Wildman–Crippen LogP) is 4.40. The topological polar surface area (TPSA) is 53.6 Å². The Morgan fingerprint density at radius 2 is 2.03 bits per heavy atom. The Balaban J connectivity index is 1.78. The van der Waals surface area contributed by atoms with Crippen LogP contribution < -0.4 is 10.6 Å². The molecule has 1 aromatic rings. The van der Waals surface area contributed by atoms with Crippen LogP contribution in [-0.2, 0) is 9.53 Å². The first-order valence-corrected chi connectivity index (χ1v) is 11.9. The molecule has 0 aromatic heterocycles. The summed E-state index contributed by atoms with van der Waals surface area (Å²) >= 11 is 0. The summed E-state index contributed by atoms with van der Waals surface area (Å²) in [6.45, 7) is 7.65. The summed E-state index contributed by atoms with van der Waals surface area (Å²) < 4.78 is 6.56. The highest BCUT2D eigenvalue weighted by molar-refractivity contribution is 5.81. The van der Waals surface area contributed by atoms with Crippen LogP contribution in [-0.4, -0.2) is 44.0 Å². The number of rotatable bonds is 10. The highest BCUT2D eigenvalue weighted by Gasteiger charge is 2.30. The molecule has 2 N–H and O–H groups in total. The molecule has 1 aromatic carbocycles. The molecule has 5 heteroatoms. The predicted molar refractivity (Wildman–Crippen MR) is 126 cm³/mol. The smallest absolute Gasteiger partial charge is 0.231 e. The van der Waals surface area contributed by atoms with Crippen molar-refractivity contribution in [1.82, 2.24) is 15.5 Å². The van der Waals surface area contributed by atoms with Crippen LogP contribution in [0.1, 0.15) is 57.6 Å². The molecule has 3 rings (SSSR count). The number of hydrogen-bond donors (Lipinski definition) is 2. The second-order valence-corrected chi connectivity index (χ2v) is 8.78. The Hall–Kier alpha value is -2.11. The summed E-state index contributed by atoms with van der Waals surface area (Å²) in [4.78, 5) is 15.3. The molecule has 1 fully saturated rings. The Bertz CT molecular complexity index is 759. The van der Waals surface area contributed by atoms with Gasteiger partial charge in [0, 0.05) is 31.6 Å². The van der Waals surface area contributed by atoms with Gasteiger partial charge in [-0.05, 0) is 50.5 Å². The maximum atomic E-state index is 13.3. The van der Waals surface area contributed by atoms with Gasteiger partial charge in [-0.25, -0.2) is 0 Å². The first-order chi connectivity index (χ1) is 15.1. The van der Waals surface area contributed by atoms with Crippen LogP contribution in [0.3, 0.4) is 0 Å². The van der Waals surface area contributed by atoms with Crippen LogP contribution in [0, 0.1) is 11.8 Å². The highest BCUT2D eigenvalue weighted by atomic mass is 16.5. The summed E-state index contributed by atoms with van der Waals surface area (Å²) in [6, 6.07) is 10.4. The molecule has 0 saturated carbocycles. The molecule has 2 aliphatic rings. The minimum atomic E-state index is 0.00721. The largest absolute Gasteiger partial charge is 0.490 e. The zero-order valence-corrected chi connectivity index (χ0v) is 19.4. The minimum absolute atomic E-state index is 0.00721. The van der Waals surface area contributed by atoms with Crippen molar-refractivity contribution in [2.45, 2.75) is 52.1 Å². The average molecular weight is 426 g/mol. The van der Waals surface area contributed by atoms with Crippen molar-refractivity contribution in [3.05, 3.63) is 59.5 Å². The zero-order chi connectivity index (χ0) is 22.1. The van der Waals surface area contributed by atoms with Gasteiger partial charge in [0.2, 0.25) is 5.91 Å². The van der Waals surface area contributed by atoms with E-state index in [9.17, 15) is 4.79 Å². The molecule has 0 spiro atoms. The molecule has 5 nitrogen and oxygen atoms in total. The van der Waals surface area contributed by atoms with E-state index in [4.69, 9.17) is 4.74 Å². The SMILES string of the molecule is CCNC[C@H]1CCCCN(C2=CC(C)CC(O[C@@H](CCNC)c3ccccc3)=C2)C1=O. The van der Waals surface area contributed by atoms with Crippen LogP contribution in [0.15, 0.2) is 53.9 Å². The lowest BCUT2D eigenvalue weighted by Crippen LogP contribution is -2.39. The fraction of sp³-hybridized carbons (Fsp3) is 0.577. The molecule has 0 radical (unpaired) electrons. The van der Waals surface area contributed by atoms with Crippen LogP contribution in [0.25, 0.3) is 0 Å². The number of ether oxygens (including phenoxy) is 1. The van der Waals surface area contributed by atoms with E-state index in [0.717, 1.165) is 69.7 Å². The first-order valence-electron chi connectivity index (χ1n) is 11.9. The maximum Gasteiger partial charge on any atom is 0.231 e. The minimum Gasteiger partial charge on any atom is -0.490 e. The molecule has 1 unspecified atom stereocenters. The Morgan fingerprint density at radius 3 is 2.77 bits per heavy atom. The van der Waals surface area contributed by atoms with Crippen LogP contribution in [0.2, 0.25) is 0 Å². The molecule has 1 amide bonds. The number of carbonyl (C=O) groups is 1. The lowest BCUT2D eigenvalue weighted by atomic mass is 9.97. The molecule has 0 bridgehead atoms. The number of carbonyl (C=O) groups excluding carboxylic acids is 1. The number of hydrogen-bond acceptors (Lipinski definition) is 4. The van der Waals surface area contributed by atoms with E-state index in [1.165, 1.54) is 5.56 Å². The van der Waals surface area contributed by atoms with Gasteiger partial charge in [0.15, 0.2) is 0 Å². The molecule has 1 aliphatic heterocycles. The number of amides is 1. The summed E-state index contributed by atoms with van der Waals surface area (Å²) in [5.74, 6) is 1.64. The summed E-state index contributed by atoms with van der Waals surface area (Å²) in [5, 5.41) is 6.61. The van der Waals surface area contributed by atoms with Gasteiger partial charge in [0.25, 0.3) is 0 Å². The van der Waals surface area contributed by atoms with Crippen LogP contribution in [0.5, 0.6) is 0 Å². The van der Waals surface area contributed by atoms with Gasteiger partial charge >= 0.3 is 0 Å². The number of allylic oxidation sites excluding steroid dienone is 3. The molecule has 1 saturated heterocycles. The van der Waals surface area contributed by atoms with E-state index < -0.39 is 0 Å². The number of nitrogens with one attached hydrogen (secondary N) is 2. The normalized spacial score (nSPS) is 23.1. The molecular weight excluding hydrogens is 386 g/mol. The third-order valence-electron chi connectivity index (χ3n) is 6.16. The quantitative estimate of drug-likeness (QED) is 0.583. The number of nitrogens with zero attached hydrogens (tertiary/aromatic N) is 1. The van der Waals surface area contributed by atoms with Gasteiger partial charge in [-0.3, -0.25) is 4.79 Å². The summed E-state index contributed by atoms with van der Waals surface area (Å²) in [7, 11) is 1.97. The fourth-order valence-electron chi connectivity index (χ4n) is 4.49. The fourth-order valence-corrected chi connectivity index (χ4v) is 4.49. The Labute approximate surface area is 187 Å². The molecule has 1 aliphatic carbocycles. The van der Waals surface area contributed by atoms with E-state index >= 15 is 0 Å². The Kier molecular flexibility index (Phi) is 9.16. The van der Waals surface area contributed by atoms with Gasteiger partial charge in [0.1, 0.15) is 6.10 Å². The van der Waals surface area contributed by atoms with Gasteiger partial charge in [-0.2, -0.15) is 0 Å². The third kappa shape index (κ3) is 6.68.